The minimum Gasteiger partial charge on any atom is -0.339 e. The lowest BCUT2D eigenvalue weighted by Gasteiger charge is -2.00. The average molecular weight is 235 g/mol. The topological polar surface area (TPSA) is 52.5 Å². The SMILES string of the molecule is CCCn1/c(=C\C#N)c2ccccc2/c1=C/C#N. The maximum Gasteiger partial charge on any atom is 0.0934 e. The highest BCUT2D eigenvalue weighted by atomic mass is 15.0. The molecule has 0 aliphatic heterocycles. The first-order chi connectivity index (χ1) is 8.83. The summed E-state index contributed by atoms with van der Waals surface area (Å²) in [4.78, 5) is 0. The summed E-state index contributed by atoms with van der Waals surface area (Å²) >= 11 is 0. The van der Waals surface area contributed by atoms with E-state index in [4.69, 9.17) is 10.5 Å². The summed E-state index contributed by atoms with van der Waals surface area (Å²) in [7, 11) is 0. The third kappa shape index (κ3) is 1.87. The quantitative estimate of drug-likeness (QED) is 0.795. The van der Waals surface area contributed by atoms with Crippen molar-refractivity contribution >= 4 is 22.9 Å². The molecule has 0 spiro atoms. The summed E-state index contributed by atoms with van der Waals surface area (Å²) in [6.07, 6.45) is 4.05. The molecule has 0 saturated carbocycles. The molecule has 1 aromatic heterocycles. The zero-order valence-corrected chi connectivity index (χ0v) is 10.2. The van der Waals surface area contributed by atoms with Gasteiger partial charge in [-0.15, -0.1) is 0 Å². The molecule has 3 heteroatoms. The molecule has 0 N–H and O–H groups in total. The fourth-order valence-electron chi connectivity index (χ4n) is 2.25. The monoisotopic (exact) mass is 235 g/mol. The van der Waals surface area contributed by atoms with Crippen molar-refractivity contribution in [1.82, 2.24) is 4.57 Å². The number of benzene rings is 1. The van der Waals surface area contributed by atoms with E-state index in [9.17, 15) is 0 Å². The van der Waals surface area contributed by atoms with E-state index in [-0.39, 0.29) is 0 Å². The number of nitriles is 2. The Morgan fingerprint density at radius 3 is 1.94 bits per heavy atom. The molecule has 1 aromatic carbocycles. The molecular weight excluding hydrogens is 222 g/mol. The number of hydrogen-bond donors (Lipinski definition) is 0. The average Bonchev–Trinajstić information content (AvgIpc) is 2.67. The van der Waals surface area contributed by atoms with Crippen LogP contribution in [0.15, 0.2) is 24.3 Å². The van der Waals surface area contributed by atoms with Crippen molar-refractivity contribution in [3.63, 3.8) is 0 Å². The summed E-state index contributed by atoms with van der Waals surface area (Å²) in [5.74, 6) is 0. The van der Waals surface area contributed by atoms with Gasteiger partial charge in [-0.3, -0.25) is 0 Å². The Kier molecular flexibility index (Phi) is 3.46. The lowest BCUT2D eigenvalue weighted by atomic mass is 10.2. The molecule has 0 aliphatic rings. The second-order valence-electron chi connectivity index (χ2n) is 4.01. The fourth-order valence-corrected chi connectivity index (χ4v) is 2.25. The fraction of sp³-hybridized carbons (Fsp3) is 0.200. The summed E-state index contributed by atoms with van der Waals surface area (Å²) in [6.45, 7) is 2.88. The van der Waals surface area contributed by atoms with Gasteiger partial charge in [-0.05, 0) is 6.42 Å². The molecular formula is C15H13N3. The first kappa shape index (κ1) is 12.0. The highest BCUT2D eigenvalue weighted by molar-refractivity contribution is 5.85. The van der Waals surface area contributed by atoms with Crippen LogP contribution in [0.25, 0.3) is 22.9 Å². The van der Waals surface area contributed by atoms with Gasteiger partial charge >= 0.3 is 0 Å². The molecule has 1 heterocycles. The number of hydrogen-bond acceptors (Lipinski definition) is 2. The maximum absolute atomic E-state index is 8.92. The Labute approximate surface area is 105 Å². The summed E-state index contributed by atoms with van der Waals surface area (Å²) in [5.41, 5.74) is 0. The Morgan fingerprint density at radius 2 is 1.56 bits per heavy atom. The molecule has 2 aromatic rings. The predicted octanol–water partition coefficient (Wildman–Crippen LogP) is 1.66. The molecule has 0 amide bonds. The van der Waals surface area contributed by atoms with Gasteiger partial charge in [0.2, 0.25) is 0 Å². The van der Waals surface area contributed by atoms with E-state index >= 15 is 0 Å². The third-order valence-corrected chi connectivity index (χ3v) is 2.91. The molecule has 3 nitrogen and oxygen atoms in total. The second kappa shape index (κ2) is 5.21. The molecule has 0 aliphatic carbocycles. The van der Waals surface area contributed by atoms with Crippen LogP contribution in [-0.4, -0.2) is 4.57 Å². The molecule has 0 saturated heterocycles. The highest BCUT2D eigenvalue weighted by Gasteiger charge is 2.05. The zero-order valence-electron chi connectivity index (χ0n) is 10.2. The van der Waals surface area contributed by atoms with Gasteiger partial charge in [-0.1, -0.05) is 31.2 Å². The standard InChI is InChI=1S/C15H13N3/c1-2-11-18-14(7-9-16)12-5-3-4-6-13(12)15(18)8-10-17/h3-8H,2,11H2,1H3/b14-7-,15-8-. The van der Waals surface area contributed by atoms with Crippen molar-refractivity contribution in [2.75, 3.05) is 0 Å². The van der Waals surface area contributed by atoms with Crippen LogP contribution in [0.5, 0.6) is 0 Å². The molecule has 0 unspecified atom stereocenters. The lowest BCUT2D eigenvalue weighted by molar-refractivity contribution is 0.655. The highest BCUT2D eigenvalue weighted by Crippen LogP contribution is 2.05. The van der Waals surface area contributed by atoms with Crippen molar-refractivity contribution in [3.8, 4) is 12.1 Å². The molecule has 18 heavy (non-hydrogen) atoms. The van der Waals surface area contributed by atoms with E-state index in [2.05, 4.69) is 19.1 Å². The van der Waals surface area contributed by atoms with E-state index in [1.807, 2.05) is 28.8 Å². The minimum absolute atomic E-state index is 0.801. The van der Waals surface area contributed by atoms with E-state index in [0.717, 1.165) is 34.4 Å². The lowest BCUT2D eigenvalue weighted by Crippen LogP contribution is -2.26. The Morgan fingerprint density at radius 1 is 1.06 bits per heavy atom. The number of nitrogens with zero attached hydrogens (tertiary/aromatic N) is 3. The minimum atomic E-state index is 0.801. The third-order valence-electron chi connectivity index (χ3n) is 2.91. The number of rotatable bonds is 2. The Bertz CT molecular complexity index is 704. The molecule has 0 fully saturated rings. The predicted molar refractivity (Wildman–Crippen MR) is 71.6 cm³/mol. The molecule has 0 atom stereocenters. The van der Waals surface area contributed by atoms with E-state index in [1.54, 1.807) is 12.2 Å². The second-order valence-corrected chi connectivity index (χ2v) is 4.01. The number of fused-ring (bicyclic) bond motifs is 1. The summed E-state index contributed by atoms with van der Waals surface area (Å²) in [5, 5.41) is 21.6. The van der Waals surface area contributed by atoms with E-state index in [1.165, 1.54) is 0 Å². The van der Waals surface area contributed by atoms with Gasteiger partial charge in [0.05, 0.1) is 22.8 Å². The van der Waals surface area contributed by atoms with Crippen LogP contribution in [0.1, 0.15) is 13.3 Å². The van der Waals surface area contributed by atoms with Gasteiger partial charge in [0.1, 0.15) is 0 Å². The molecule has 2 rings (SSSR count). The van der Waals surface area contributed by atoms with E-state index in [0.29, 0.717) is 0 Å². The number of aromatic nitrogens is 1. The van der Waals surface area contributed by atoms with Crippen LogP contribution in [0, 0.1) is 22.7 Å². The van der Waals surface area contributed by atoms with Crippen molar-refractivity contribution in [2.24, 2.45) is 0 Å². The van der Waals surface area contributed by atoms with Crippen LogP contribution in [0.3, 0.4) is 0 Å². The molecule has 0 bridgehead atoms. The van der Waals surface area contributed by atoms with Gasteiger partial charge in [-0.25, -0.2) is 0 Å². The maximum atomic E-state index is 8.92. The van der Waals surface area contributed by atoms with Gasteiger partial charge in [0, 0.05) is 29.5 Å². The van der Waals surface area contributed by atoms with Crippen LogP contribution >= 0.6 is 0 Å². The van der Waals surface area contributed by atoms with Crippen LogP contribution in [0.4, 0.5) is 0 Å². The Balaban J connectivity index is 3.03. The van der Waals surface area contributed by atoms with Crippen molar-refractivity contribution in [2.45, 2.75) is 19.9 Å². The first-order valence-electron chi connectivity index (χ1n) is 5.90. The van der Waals surface area contributed by atoms with Gasteiger partial charge in [-0.2, -0.15) is 10.5 Å². The van der Waals surface area contributed by atoms with Crippen molar-refractivity contribution in [1.29, 1.82) is 10.5 Å². The summed E-state index contributed by atoms with van der Waals surface area (Å²) in [6, 6.07) is 12.0. The van der Waals surface area contributed by atoms with Crippen molar-refractivity contribution in [3.05, 3.63) is 35.0 Å². The Hall–Kier alpha value is -2.52. The summed E-state index contributed by atoms with van der Waals surface area (Å²) < 4.78 is 2.04. The van der Waals surface area contributed by atoms with Crippen LogP contribution in [0.2, 0.25) is 0 Å². The van der Waals surface area contributed by atoms with E-state index < -0.39 is 0 Å². The van der Waals surface area contributed by atoms with Crippen molar-refractivity contribution < 1.29 is 0 Å². The normalized spacial score (nSPS) is 12.6. The first-order valence-corrected chi connectivity index (χ1v) is 5.90. The van der Waals surface area contributed by atoms with Gasteiger partial charge < -0.3 is 4.57 Å². The zero-order chi connectivity index (χ0) is 13.0. The molecule has 88 valence electrons. The van der Waals surface area contributed by atoms with Gasteiger partial charge in [0.25, 0.3) is 0 Å². The smallest absolute Gasteiger partial charge is 0.0934 e. The molecule has 0 radical (unpaired) electrons. The van der Waals surface area contributed by atoms with Crippen LogP contribution in [-0.2, 0) is 6.54 Å². The largest absolute Gasteiger partial charge is 0.339 e. The van der Waals surface area contributed by atoms with Crippen LogP contribution < -0.4 is 10.7 Å². The van der Waals surface area contributed by atoms with Gasteiger partial charge in [0.15, 0.2) is 0 Å².